The molecule has 1 amide bonds. The molecule has 0 bridgehead atoms. The lowest BCUT2D eigenvalue weighted by atomic mass is 10.1. The number of amides is 1. The van der Waals surface area contributed by atoms with E-state index < -0.39 is 17.6 Å². The molecular weight excluding hydrogens is 331 g/mol. The van der Waals surface area contributed by atoms with E-state index >= 15 is 0 Å². The zero-order valence-corrected chi connectivity index (χ0v) is 12.6. The van der Waals surface area contributed by atoms with Crippen molar-refractivity contribution in [2.75, 3.05) is 5.32 Å². The molecule has 0 saturated carbocycles. The van der Waals surface area contributed by atoms with Gasteiger partial charge >= 0.3 is 6.18 Å². The maximum absolute atomic E-state index is 12.5. The summed E-state index contributed by atoms with van der Waals surface area (Å²) >= 11 is 0. The van der Waals surface area contributed by atoms with Gasteiger partial charge < -0.3 is 5.32 Å². The van der Waals surface area contributed by atoms with Gasteiger partial charge in [0.05, 0.1) is 17.2 Å². The van der Waals surface area contributed by atoms with Crippen molar-refractivity contribution in [3.63, 3.8) is 0 Å². The van der Waals surface area contributed by atoms with E-state index in [2.05, 4.69) is 5.32 Å². The van der Waals surface area contributed by atoms with E-state index in [1.807, 2.05) is 6.07 Å². The van der Waals surface area contributed by atoms with Crippen LogP contribution in [0.4, 0.5) is 18.9 Å². The Morgan fingerprint density at radius 2 is 1.60 bits per heavy atom. The Hall–Kier alpha value is -3.58. The van der Waals surface area contributed by atoms with Crippen LogP contribution in [-0.4, -0.2) is 5.91 Å². The average molecular weight is 341 g/mol. The van der Waals surface area contributed by atoms with E-state index in [9.17, 15) is 18.0 Å². The molecule has 0 heterocycles. The number of benzene rings is 2. The fourth-order valence-electron chi connectivity index (χ4n) is 1.91. The summed E-state index contributed by atoms with van der Waals surface area (Å²) in [7, 11) is 0. The van der Waals surface area contributed by atoms with E-state index in [0.29, 0.717) is 11.1 Å². The molecule has 2 rings (SSSR count). The number of rotatable bonds is 3. The molecule has 0 aliphatic rings. The minimum Gasteiger partial charge on any atom is -0.321 e. The summed E-state index contributed by atoms with van der Waals surface area (Å²) in [4.78, 5) is 12.1. The van der Waals surface area contributed by atoms with Gasteiger partial charge in [-0.25, -0.2) is 0 Å². The third kappa shape index (κ3) is 4.69. The Balaban J connectivity index is 2.16. The van der Waals surface area contributed by atoms with Gasteiger partial charge in [0.1, 0.15) is 11.6 Å². The molecule has 0 spiro atoms. The molecule has 0 aromatic heterocycles. The second-order valence-corrected chi connectivity index (χ2v) is 4.93. The van der Waals surface area contributed by atoms with Crippen LogP contribution in [-0.2, 0) is 11.0 Å². The number of anilines is 1. The summed E-state index contributed by atoms with van der Waals surface area (Å²) in [5, 5.41) is 20.2. The lowest BCUT2D eigenvalue weighted by molar-refractivity contribution is -0.137. The molecule has 0 fully saturated rings. The Morgan fingerprint density at radius 3 is 2.08 bits per heavy atom. The van der Waals surface area contributed by atoms with Crippen LogP contribution in [0.15, 0.2) is 54.1 Å². The monoisotopic (exact) mass is 341 g/mol. The van der Waals surface area contributed by atoms with Gasteiger partial charge in [-0.2, -0.15) is 23.7 Å². The summed E-state index contributed by atoms with van der Waals surface area (Å²) < 4.78 is 37.5. The third-order valence-electron chi connectivity index (χ3n) is 3.19. The number of nitriles is 2. The average Bonchev–Trinajstić information content (AvgIpc) is 2.59. The molecule has 1 N–H and O–H groups in total. The van der Waals surface area contributed by atoms with Gasteiger partial charge in [-0.15, -0.1) is 0 Å². The number of nitrogens with zero attached hydrogens (tertiary/aromatic N) is 2. The number of nitrogens with one attached hydrogen (secondary N) is 1. The van der Waals surface area contributed by atoms with Crippen LogP contribution in [0, 0.1) is 22.7 Å². The fraction of sp³-hybridized carbons (Fsp3) is 0.0556. The largest absolute Gasteiger partial charge is 0.416 e. The number of carbonyl (C=O) groups is 1. The third-order valence-corrected chi connectivity index (χ3v) is 3.19. The Bertz CT molecular complexity index is 884. The highest BCUT2D eigenvalue weighted by Gasteiger charge is 2.30. The predicted octanol–water partition coefficient (Wildman–Crippen LogP) is 4.12. The molecule has 124 valence electrons. The topological polar surface area (TPSA) is 76.7 Å². The highest BCUT2D eigenvalue weighted by atomic mass is 19.4. The van der Waals surface area contributed by atoms with E-state index in [1.165, 1.54) is 18.2 Å². The fourth-order valence-corrected chi connectivity index (χ4v) is 1.91. The van der Waals surface area contributed by atoms with E-state index in [-0.39, 0.29) is 11.3 Å². The molecule has 0 atom stereocenters. The molecule has 0 unspecified atom stereocenters. The minimum atomic E-state index is -4.46. The van der Waals surface area contributed by atoms with Crippen molar-refractivity contribution in [1.29, 1.82) is 10.5 Å². The van der Waals surface area contributed by atoms with Crippen molar-refractivity contribution in [1.82, 2.24) is 0 Å². The van der Waals surface area contributed by atoms with E-state index in [4.69, 9.17) is 10.5 Å². The maximum Gasteiger partial charge on any atom is 0.416 e. The van der Waals surface area contributed by atoms with Crippen molar-refractivity contribution in [2.45, 2.75) is 6.18 Å². The highest BCUT2D eigenvalue weighted by Crippen LogP contribution is 2.29. The van der Waals surface area contributed by atoms with Crippen molar-refractivity contribution in [3.8, 4) is 12.1 Å². The molecule has 25 heavy (non-hydrogen) atoms. The van der Waals surface area contributed by atoms with Crippen LogP contribution in [0.1, 0.15) is 16.7 Å². The molecule has 0 saturated heterocycles. The minimum absolute atomic E-state index is 0.138. The quantitative estimate of drug-likeness (QED) is 0.674. The van der Waals surface area contributed by atoms with Crippen molar-refractivity contribution >= 4 is 17.7 Å². The second-order valence-electron chi connectivity index (χ2n) is 4.93. The maximum atomic E-state index is 12.5. The summed E-state index contributed by atoms with van der Waals surface area (Å²) in [5.41, 5.74) is 0.0608. The zero-order valence-electron chi connectivity index (χ0n) is 12.6. The van der Waals surface area contributed by atoms with Crippen LogP contribution in [0.25, 0.3) is 6.08 Å². The summed E-state index contributed by atoms with van der Waals surface area (Å²) in [6, 6.07) is 13.8. The summed E-state index contributed by atoms with van der Waals surface area (Å²) in [6.45, 7) is 0. The molecule has 0 radical (unpaired) electrons. The van der Waals surface area contributed by atoms with E-state index in [0.717, 1.165) is 24.3 Å². The zero-order chi connectivity index (χ0) is 18.4. The van der Waals surface area contributed by atoms with Gasteiger partial charge in [0.2, 0.25) is 0 Å². The standard InChI is InChI=1S/C18H10F3N3O/c19-18(20,21)15-5-7-16(8-6-15)24-17(25)14(11-23)9-12-1-3-13(10-22)4-2-12/h1-9H,(H,24,25). The number of hydrogen-bond acceptors (Lipinski definition) is 3. The summed E-state index contributed by atoms with van der Waals surface area (Å²) in [5.74, 6) is -0.744. The number of hydrogen-bond donors (Lipinski definition) is 1. The molecule has 7 heteroatoms. The first-order valence-corrected chi connectivity index (χ1v) is 6.94. The molecule has 2 aromatic carbocycles. The molecule has 4 nitrogen and oxygen atoms in total. The van der Waals surface area contributed by atoms with E-state index in [1.54, 1.807) is 18.2 Å². The smallest absolute Gasteiger partial charge is 0.321 e. The lowest BCUT2D eigenvalue weighted by Crippen LogP contribution is -2.13. The molecular formula is C18H10F3N3O. The molecule has 0 aliphatic carbocycles. The predicted molar refractivity (Wildman–Crippen MR) is 84.8 cm³/mol. The molecule has 2 aromatic rings. The van der Waals surface area contributed by atoms with Gasteiger partial charge in [-0.1, -0.05) is 12.1 Å². The first-order valence-electron chi connectivity index (χ1n) is 6.94. The van der Waals surface area contributed by atoms with Gasteiger partial charge in [0.15, 0.2) is 0 Å². The van der Waals surface area contributed by atoms with Crippen molar-refractivity contribution < 1.29 is 18.0 Å². The van der Waals surface area contributed by atoms with Crippen LogP contribution in [0.2, 0.25) is 0 Å². The van der Waals surface area contributed by atoms with Crippen molar-refractivity contribution in [3.05, 3.63) is 70.8 Å². The Kier molecular flexibility index (Phi) is 5.21. The van der Waals surface area contributed by atoms with Crippen LogP contribution < -0.4 is 5.32 Å². The van der Waals surface area contributed by atoms with Gasteiger partial charge in [0.25, 0.3) is 5.91 Å². The number of halogens is 3. The normalized spacial score (nSPS) is 11.3. The van der Waals surface area contributed by atoms with Gasteiger partial charge in [-0.05, 0) is 48.0 Å². The van der Waals surface area contributed by atoms with Gasteiger partial charge in [-0.3, -0.25) is 4.79 Å². The first-order chi connectivity index (χ1) is 11.8. The van der Waals surface area contributed by atoms with Crippen molar-refractivity contribution in [2.24, 2.45) is 0 Å². The Labute approximate surface area is 141 Å². The number of alkyl halides is 3. The number of carbonyl (C=O) groups excluding carboxylic acids is 1. The SMILES string of the molecule is N#CC(=Cc1ccc(C#N)cc1)C(=O)Nc1ccc(C(F)(F)F)cc1. The van der Waals surface area contributed by atoms with Gasteiger partial charge in [0, 0.05) is 5.69 Å². The summed E-state index contributed by atoms with van der Waals surface area (Å²) in [6.07, 6.45) is -3.14. The highest BCUT2D eigenvalue weighted by molar-refractivity contribution is 6.09. The van der Waals surface area contributed by atoms with Crippen LogP contribution in [0.5, 0.6) is 0 Å². The van der Waals surface area contributed by atoms with Crippen LogP contribution in [0.3, 0.4) is 0 Å². The van der Waals surface area contributed by atoms with Crippen LogP contribution >= 0.6 is 0 Å². The first kappa shape index (κ1) is 17.8. The second kappa shape index (κ2) is 7.33. The molecule has 0 aliphatic heterocycles. The Morgan fingerprint density at radius 1 is 1.00 bits per heavy atom. The lowest BCUT2D eigenvalue weighted by Gasteiger charge is -2.08.